The minimum Gasteiger partial charge on any atom is -0.498 e. The van der Waals surface area contributed by atoms with Gasteiger partial charge in [-0.3, -0.25) is 14.6 Å². The van der Waals surface area contributed by atoms with Crippen molar-refractivity contribution in [2.45, 2.75) is 6.04 Å². The van der Waals surface area contributed by atoms with Crippen LogP contribution in [0.4, 0.5) is 4.79 Å². The molecule has 8 heteroatoms. The first kappa shape index (κ1) is 13.5. The zero-order valence-electron chi connectivity index (χ0n) is 10.7. The number of ether oxygens (including phenoxy) is 1. The fourth-order valence-electron chi connectivity index (χ4n) is 2.02. The smallest absolute Gasteiger partial charge is 0.394 e. The lowest BCUT2D eigenvalue weighted by Crippen LogP contribution is -2.61. The first-order chi connectivity index (χ1) is 8.99. The Morgan fingerprint density at radius 3 is 2.79 bits per heavy atom. The lowest BCUT2D eigenvalue weighted by molar-refractivity contribution is -0.535. The molecule has 7 nitrogen and oxygen atoms in total. The Balaban J connectivity index is 2.26. The molecular formula is C11H14ClN4O3+. The summed E-state index contributed by atoms with van der Waals surface area (Å²) in [7, 11) is 2.99. The van der Waals surface area contributed by atoms with Gasteiger partial charge in [-0.2, -0.15) is 0 Å². The van der Waals surface area contributed by atoms with Crippen LogP contribution in [-0.2, 0) is 9.53 Å². The van der Waals surface area contributed by atoms with E-state index >= 15 is 0 Å². The van der Waals surface area contributed by atoms with Gasteiger partial charge >= 0.3 is 11.3 Å². The second-order valence-electron chi connectivity index (χ2n) is 4.11. The highest BCUT2D eigenvalue weighted by Crippen LogP contribution is 2.19. The van der Waals surface area contributed by atoms with Crippen LogP contribution in [0.2, 0.25) is 0 Å². The van der Waals surface area contributed by atoms with Crippen LogP contribution in [0.15, 0.2) is 17.8 Å². The van der Waals surface area contributed by atoms with Crippen LogP contribution in [0.1, 0.15) is 0 Å². The first-order valence-corrected chi connectivity index (χ1v) is 6.02. The highest BCUT2D eigenvalue weighted by atomic mass is 35.5. The Kier molecular flexibility index (Phi) is 3.57. The number of hydrogen-bond donors (Lipinski definition) is 0. The van der Waals surface area contributed by atoms with Crippen molar-refractivity contribution in [1.82, 2.24) is 9.80 Å². The fraction of sp³-hybridized carbons (Fsp3) is 0.455. The van der Waals surface area contributed by atoms with Gasteiger partial charge in [0.05, 0.1) is 6.26 Å². The van der Waals surface area contributed by atoms with Gasteiger partial charge in [-0.05, 0) is 4.99 Å². The summed E-state index contributed by atoms with van der Waals surface area (Å²) in [5, 5.41) is 0.177. The number of rotatable bonds is 4. The number of aliphatic imine (C=N–C) groups is 1. The van der Waals surface area contributed by atoms with Crippen LogP contribution in [0.3, 0.4) is 0 Å². The van der Waals surface area contributed by atoms with Gasteiger partial charge in [0.1, 0.15) is 13.2 Å². The number of halogens is 1. The topological polar surface area (TPSA) is 65.2 Å². The third kappa shape index (κ3) is 2.10. The molecule has 19 heavy (non-hydrogen) atoms. The molecule has 1 saturated heterocycles. The van der Waals surface area contributed by atoms with Crippen molar-refractivity contribution in [2.24, 2.45) is 4.99 Å². The van der Waals surface area contributed by atoms with Crippen LogP contribution in [0.25, 0.3) is 0 Å². The summed E-state index contributed by atoms with van der Waals surface area (Å²) in [4.78, 5) is 30.4. The van der Waals surface area contributed by atoms with Crippen LogP contribution in [-0.4, -0.2) is 70.7 Å². The van der Waals surface area contributed by atoms with E-state index < -0.39 is 12.1 Å². The third-order valence-corrected chi connectivity index (χ3v) is 3.35. The predicted octanol–water partition coefficient (Wildman–Crippen LogP) is 0.0583. The van der Waals surface area contributed by atoms with Gasteiger partial charge < -0.3 is 4.74 Å². The molecule has 0 bridgehead atoms. The number of urea groups is 1. The lowest BCUT2D eigenvalue weighted by atomic mass is 10.1. The number of fused-ring (bicyclic) bond motifs is 1. The normalized spacial score (nSPS) is 22.7. The maximum Gasteiger partial charge on any atom is 0.394 e. The molecular weight excluding hydrogens is 272 g/mol. The molecule has 0 aromatic carbocycles. The molecule has 2 heterocycles. The van der Waals surface area contributed by atoms with Gasteiger partial charge in [-0.1, -0.05) is 6.58 Å². The SMILES string of the molecule is C=COCC[N+]1=C(Cl)N=C2C1C(=O)N(C)C(=O)N2C. The molecule has 1 fully saturated rings. The predicted molar refractivity (Wildman–Crippen MR) is 69.3 cm³/mol. The number of amides is 3. The summed E-state index contributed by atoms with van der Waals surface area (Å²) in [5.74, 6) is -0.00666. The van der Waals surface area contributed by atoms with E-state index in [0.717, 1.165) is 4.90 Å². The van der Waals surface area contributed by atoms with E-state index in [1.807, 2.05) is 0 Å². The summed E-state index contributed by atoms with van der Waals surface area (Å²) in [6.07, 6.45) is 1.32. The standard InChI is InChI=1S/C11H14ClN4O3/c1-4-19-6-5-16-7-8(13-10(16)12)14(2)11(18)15(3)9(7)17/h4,7H,1,5-6H2,2-3H3/q+1. The first-order valence-electron chi connectivity index (χ1n) is 5.64. The van der Waals surface area contributed by atoms with Crippen LogP contribution in [0.5, 0.6) is 0 Å². The molecule has 0 spiro atoms. The zero-order valence-corrected chi connectivity index (χ0v) is 11.4. The number of carbonyl (C=O) groups is 2. The second-order valence-corrected chi connectivity index (χ2v) is 4.45. The number of nitrogens with zero attached hydrogens (tertiary/aromatic N) is 4. The number of hydrogen-bond acceptors (Lipinski definition) is 4. The van der Waals surface area contributed by atoms with E-state index in [2.05, 4.69) is 11.6 Å². The summed E-state index contributed by atoms with van der Waals surface area (Å²) >= 11 is 6.02. The Bertz CT molecular complexity index is 514. The number of amidine groups is 2. The molecule has 0 N–H and O–H groups in total. The molecule has 1 atom stereocenters. The third-order valence-electron chi connectivity index (χ3n) is 3.05. The molecule has 3 amide bonds. The van der Waals surface area contributed by atoms with Crippen molar-refractivity contribution in [3.8, 4) is 0 Å². The van der Waals surface area contributed by atoms with Crippen molar-refractivity contribution in [1.29, 1.82) is 0 Å². The molecule has 0 radical (unpaired) electrons. The number of likely N-dealkylation sites (N-methyl/N-ethyl adjacent to an activating group) is 2. The van der Waals surface area contributed by atoms with Crippen molar-refractivity contribution in [2.75, 3.05) is 27.2 Å². The zero-order chi connectivity index (χ0) is 14.2. The number of carbonyl (C=O) groups excluding carboxylic acids is 2. The van der Waals surface area contributed by atoms with Gasteiger partial charge in [-0.25, -0.2) is 9.37 Å². The molecule has 1 unspecified atom stereocenters. The number of imide groups is 1. The van der Waals surface area contributed by atoms with Gasteiger partial charge in [-0.15, -0.1) is 0 Å². The van der Waals surface area contributed by atoms with E-state index in [-0.39, 0.29) is 11.2 Å². The maximum atomic E-state index is 12.2. The molecule has 2 aliphatic rings. The molecule has 0 saturated carbocycles. The Morgan fingerprint density at radius 1 is 1.47 bits per heavy atom. The maximum absolute atomic E-state index is 12.2. The quantitative estimate of drug-likeness (QED) is 0.317. The van der Waals surface area contributed by atoms with Crippen LogP contribution >= 0.6 is 11.6 Å². The largest absolute Gasteiger partial charge is 0.498 e. The molecule has 0 aromatic rings. The van der Waals surface area contributed by atoms with E-state index in [1.165, 1.54) is 18.2 Å². The van der Waals surface area contributed by atoms with Crippen molar-refractivity contribution in [3.63, 3.8) is 0 Å². The van der Waals surface area contributed by atoms with Gasteiger partial charge in [0.15, 0.2) is 0 Å². The van der Waals surface area contributed by atoms with Crippen molar-refractivity contribution < 1.29 is 18.9 Å². The Labute approximate surface area is 115 Å². The van der Waals surface area contributed by atoms with E-state index in [1.54, 1.807) is 11.6 Å². The Morgan fingerprint density at radius 2 is 2.16 bits per heavy atom. The molecule has 2 aliphatic heterocycles. The lowest BCUT2D eigenvalue weighted by Gasteiger charge is -2.30. The average molecular weight is 286 g/mol. The summed E-state index contributed by atoms with van der Waals surface area (Å²) in [6.45, 7) is 4.14. The monoisotopic (exact) mass is 285 g/mol. The summed E-state index contributed by atoms with van der Waals surface area (Å²) < 4.78 is 6.63. The van der Waals surface area contributed by atoms with Crippen molar-refractivity contribution >= 4 is 34.7 Å². The minimum absolute atomic E-state index is 0.177. The minimum atomic E-state index is -0.673. The summed E-state index contributed by atoms with van der Waals surface area (Å²) in [5.41, 5.74) is 0. The highest BCUT2D eigenvalue weighted by Gasteiger charge is 2.52. The fourth-order valence-corrected chi connectivity index (χ4v) is 2.29. The Hall–Kier alpha value is -1.89. The van der Waals surface area contributed by atoms with E-state index in [9.17, 15) is 9.59 Å². The average Bonchev–Trinajstić information content (AvgIpc) is 2.72. The van der Waals surface area contributed by atoms with Crippen LogP contribution < -0.4 is 0 Å². The molecule has 0 aromatic heterocycles. The second kappa shape index (κ2) is 5.00. The molecule has 102 valence electrons. The highest BCUT2D eigenvalue weighted by molar-refractivity contribution is 6.65. The van der Waals surface area contributed by atoms with Crippen LogP contribution in [0, 0.1) is 0 Å². The van der Waals surface area contributed by atoms with Gasteiger partial charge in [0.2, 0.25) is 0 Å². The van der Waals surface area contributed by atoms with Gasteiger partial charge in [0.25, 0.3) is 17.8 Å². The van der Waals surface area contributed by atoms with E-state index in [4.69, 9.17) is 16.3 Å². The van der Waals surface area contributed by atoms with Crippen molar-refractivity contribution in [3.05, 3.63) is 12.8 Å². The van der Waals surface area contributed by atoms with Gasteiger partial charge in [0, 0.05) is 25.7 Å². The summed E-state index contributed by atoms with van der Waals surface area (Å²) in [6, 6.07) is -1.10. The molecule has 0 aliphatic carbocycles. The van der Waals surface area contributed by atoms with E-state index in [0.29, 0.717) is 19.0 Å². The molecule has 2 rings (SSSR count).